The van der Waals surface area contributed by atoms with E-state index in [1.54, 1.807) is 0 Å². The monoisotopic (exact) mass is 572 g/mol. The van der Waals surface area contributed by atoms with Crippen molar-refractivity contribution in [2.75, 3.05) is 59.4 Å². The highest BCUT2D eigenvalue weighted by molar-refractivity contribution is 14.0. The fourth-order valence-corrected chi connectivity index (χ4v) is 5.06. The van der Waals surface area contributed by atoms with Crippen molar-refractivity contribution in [1.82, 2.24) is 34.8 Å². The SMILES string of the molecule is CN=C(NCCCc1nnc2n1CCCCC2)N1CCN(CC(=O)N2CCCCC2)CC1.I. The van der Waals surface area contributed by atoms with Crippen LogP contribution < -0.4 is 5.32 Å². The molecule has 3 aliphatic rings. The summed E-state index contributed by atoms with van der Waals surface area (Å²) in [7, 11) is 1.85. The maximum absolute atomic E-state index is 12.5. The van der Waals surface area contributed by atoms with Crippen molar-refractivity contribution in [3.63, 3.8) is 0 Å². The third kappa shape index (κ3) is 7.27. The summed E-state index contributed by atoms with van der Waals surface area (Å²) in [5.74, 6) is 3.56. The van der Waals surface area contributed by atoms with Gasteiger partial charge in [0, 0.05) is 72.2 Å². The van der Waals surface area contributed by atoms with Gasteiger partial charge in [-0.25, -0.2) is 0 Å². The van der Waals surface area contributed by atoms with Gasteiger partial charge in [-0.1, -0.05) is 6.42 Å². The standard InChI is InChI=1S/C23H40N8O.HI/c1-24-23(25-11-8-10-21-27-26-20-9-4-2-7-14-31(20)21)30-17-15-28(16-18-30)19-22(32)29-12-5-3-6-13-29;/h2-19H2,1H3,(H,24,25);1H. The Balaban J connectivity index is 0.00000306. The predicted octanol–water partition coefficient (Wildman–Crippen LogP) is 1.76. The van der Waals surface area contributed by atoms with Crippen LogP contribution in [-0.2, 0) is 24.2 Å². The van der Waals surface area contributed by atoms with Crippen LogP contribution in [0.1, 0.15) is 56.6 Å². The third-order valence-corrected chi connectivity index (χ3v) is 7.00. The minimum absolute atomic E-state index is 0. The smallest absolute Gasteiger partial charge is 0.236 e. The molecular formula is C23H41IN8O. The van der Waals surface area contributed by atoms with Crippen LogP contribution >= 0.6 is 24.0 Å². The lowest BCUT2D eigenvalue weighted by atomic mass is 10.1. The zero-order valence-electron chi connectivity index (χ0n) is 20.2. The minimum Gasteiger partial charge on any atom is -0.356 e. The molecule has 1 aromatic rings. The Kier molecular flexibility index (Phi) is 10.7. The first-order chi connectivity index (χ1) is 15.7. The number of hydrogen-bond donors (Lipinski definition) is 1. The van der Waals surface area contributed by atoms with Crippen LogP contribution in [0.25, 0.3) is 0 Å². The number of halogens is 1. The van der Waals surface area contributed by atoms with Gasteiger partial charge in [-0.3, -0.25) is 14.7 Å². The molecule has 10 heteroatoms. The summed E-state index contributed by atoms with van der Waals surface area (Å²) in [5.41, 5.74) is 0. The van der Waals surface area contributed by atoms with E-state index < -0.39 is 0 Å². The van der Waals surface area contributed by atoms with Crippen molar-refractivity contribution in [2.24, 2.45) is 4.99 Å². The summed E-state index contributed by atoms with van der Waals surface area (Å²) in [5, 5.41) is 12.4. The van der Waals surface area contributed by atoms with Crippen LogP contribution in [0.4, 0.5) is 0 Å². The Labute approximate surface area is 215 Å². The molecule has 186 valence electrons. The third-order valence-electron chi connectivity index (χ3n) is 7.00. The highest BCUT2D eigenvalue weighted by Crippen LogP contribution is 2.15. The van der Waals surface area contributed by atoms with Gasteiger partial charge < -0.3 is 19.7 Å². The molecule has 0 aliphatic carbocycles. The van der Waals surface area contributed by atoms with E-state index in [2.05, 4.69) is 34.9 Å². The molecule has 4 heterocycles. The van der Waals surface area contributed by atoms with Gasteiger partial charge in [0.25, 0.3) is 0 Å². The van der Waals surface area contributed by atoms with Crippen LogP contribution in [0, 0.1) is 0 Å². The van der Waals surface area contributed by atoms with Crippen LogP contribution in [0.2, 0.25) is 0 Å². The summed E-state index contributed by atoms with van der Waals surface area (Å²) < 4.78 is 2.34. The van der Waals surface area contributed by atoms with E-state index >= 15 is 0 Å². The molecule has 33 heavy (non-hydrogen) atoms. The lowest BCUT2D eigenvalue weighted by Crippen LogP contribution is -2.54. The molecule has 0 aromatic carbocycles. The second-order valence-corrected chi connectivity index (χ2v) is 9.28. The summed E-state index contributed by atoms with van der Waals surface area (Å²) in [4.78, 5) is 23.7. The van der Waals surface area contributed by atoms with E-state index in [1.165, 1.54) is 25.7 Å². The molecule has 3 aliphatic heterocycles. The quantitative estimate of drug-likeness (QED) is 0.242. The molecule has 1 N–H and O–H groups in total. The number of carbonyl (C=O) groups is 1. The minimum atomic E-state index is 0. The maximum atomic E-state index is 12.5. The summed E-state index contributed by atoms with van der Waals surface area (Å²) >= 11 is 0. The summed E-state index contributed by atoms with van der Waals surface area (Å²) in [6.07, 6.45) is 10.4. The number of carbonyl (C=O) groups excluding carboxylic acids is 1. The molecule has 0 unspecified atom stereocenters. The highest BCUT2D eigenvalue weighted by atomic mass is 127. The van der Waals surface area contributed by atoms with Crippen LogP contribution in [0.15, 0.2) is 4.99 Å². The molecule has 2 fully saturated rings. The van der Waals surface area contributed by atoms with E-state index in [0.717, 1.165) is 102 Å². The van der Waals surface area contributed by atoms with Crippen molar-refractivity contribution in [3.8, 4) is 0 Å². The number of rotatable bonds is 6. The van der Waals surface area contributed by atoms with Crippen LogP contribution in [-0.4, -0.2) is 101 Å². The average molecular weight is 573 g/mol. The molecule has 1 aromatic heterocycles. The molecule has 0 saturated carbocycles. The number of amides is 1. The number of aliphatic imine (C=N–C) groups is 1. The Morgan fingerprint density at radius 2 is 1.64 bits per heavy atom. The molecule has 1 amide bonds. The number of nitrogens with zero attached hydrogens (tertiary/aromatic N) is 7. The number of fused-ring (bicyclic) bond motifs is 1. The number of hydrogen-bond acceptors (Lipinski definition) is 5. The second kappa shape index (κ2) is 13.5. The van der Waals surface area contributed by atoms with E-state index in [-0.39, 0.29) is 24.0 Å². The maximum Gasteiger partial charge on any atom is 0.236 e. The molecule has 9 nitrogen and oxygen atoms in total. The average Bonchev–Trinajstić information content (AvgIpc) is 3.06. The zero-order valence-corrected chi connectivity index (χ0v) is 22.5. The van der Waals surface area contributed by atoms with Crippen molar-refractivity contribution in [3.05, 3.63) is 11.6 Å². The van der Waals surface area contributed by atoms with Gasteiger partial charge in [0.2, 0.25) is 5.91 Å². The lowest BCUT2D eigenvalue weighted by Gasteiger charge is -2.37. The van der Waals surface area contributed by atoms with Crippen LogP contribution in [0.5, 0.6) is 0 Å². The van der Waals surface area contributed by atoms with E-state index in [4.69, 9.17) is 0 Å². The zero-order chi connectivity index (χ0) is 22.2. The van der Waals surface area contributed by atoms with Crippen molar-refractivity contribution in [1.29, 1.82) is 0 Å². The van der Waals surface area contributed by atoms with Gasteiger partial charge in [-0.2, -0.15) is 0 Å². The summed E-state index contributed by atoms with van der Waals surface area (Å²) in [6, 6.07) is 0. The van der Waals surface area contributed by atoms with Gasteiger partial charge in [0.15, 0.2) is 5.96 Å². The normalized spacial score (nSPS) is 20.1. The van der Waals surface area contributed by atoms with E-state index in [0.29, 0.717) is 12.5 Å². The Morgan fingerprint density at radius 3 is 2.39 bits per heavy atom. The topological polar surface area (TPSA) is 81.9 Å². The Morgan fingerprint density at radius 1 is 0.909 bits per heavy atom. The van der Waals surface area contributed by atoms with Gasteiger partial charge in [-0.05, 0) is 38.5 Å². The predicted molar refractivity (Wildman–Crippen MR) is 141 cm³/mol. The van der Waals surface area contributed by atoms with E-state index in [9.17, 15) is 4.79 Å². The number of guanidine groups is 1. The molecule has 0 atom stereocenters. The number of nitrogens with one attached hydrogen (secondary N) is 1. The second-order valence-electron chi connectivity index (χ2n) is 9.28. The molecule has 4 rings (SSSR count). The van der Waals surface area contributed by atoms with E-state index in [1.807, 2.05) is 11.9 Å². The van der Waals surface area contributed by atoms with Gasteiger partial charge >= 0.3 is 0 Å². The van der Waals surface area contributed by atoms with Gasteiger partial charge in [-0.15, -0.1) is 34.2 Å². The van der Waals surface area contributed by atoms with Crippen molar-refractivity contribution >= 4 is 35.8 Å². The number of aryl methyl sites for hydroxylation is 2. The first-order valence-electron chi connectivity index (χ1n) is 12.6. The fourth-order valence-electron chi connectivity index (χ4n) is 5.06. The molecule has 0 spiro atoms. The number of piperidine rings is 1. The number of aromatic nitrogens is 3. The largest absolute Gasteiger partial charge is 0.356 e. The molecule has 2 saturated heterocycles. The molecular weight excluding hydrogens is 531 g/mol. The summed E-state index contributed by atoms with van der Waals surface area (Å²) in [6.45, 7) is 8.01. The Hall–Kier alpha value is -1.43. The van der Waals surface area contributed by atoms with Gasteiger partial charge in [0.1, 0.15) is 11.6 Å². The first-order valence-corrected chi connectivity index (χ1v) is 12.6. The van der Waals surface area contributed by atoms with Crippen LogP contribution in [0.3, 0.4) is 0 Å². The van der Waals surface area contributed by atoms with Crippen molar-refractivity contribution in [2.45, 2.75) is 64.3 Å². The first kappa shape index (κ1) is 26.2. The Bertz CT molecular complexity index is 769. The number of likely N-dealkylation sites (tertiary alicyclic amines) is 1. The van der Waals surface area contributed by atoms with Crippen molar-refractivity contribution < 1.29 is 4.79 Å². The number of piperazine rings is 1. The van der Waals surface area contributed by atoms with Gasteiger partial charge in [0.05, 0.1) is 6.54 Å². The molecule has 0 radical (unpaired) electrons. The fraction of sp³-hybridized carbons (Fsp3) is 0.826. The molecule has 0 bridgehead atoms. The highest BCUT2D eigenvalue weighted by Gasteiger charge is 2.24. The lowest BCUT2D eigenvalue weighted by molar-refractivity contribution is -0.133.